The highest BCUT2D eigenvalue weighted by Crippen LogP contribution is 2.18. The lowest BCUT2D eigenvalue weighted by molar-refractivity contribution is 1.16. The van der Waals surface area contributed by atoms with Gasteiger partial charge in [-0.3, -0.25) is 4.79 Å². The molecule has 0 aliphatic carbocycles. The minimum absolute atomic E-state index is 0.0806. The number of fused-ring (bicyclic) bond motifs is 1. The van der Waals surface area contributed by atoms with Crippen LogP contribution in [0, 0.1) is 10.5 Å². The van der Waals surface area contributed by atoms with Gasteiger partial charge in [-0.05, 0) is 41.1 Å². The van der Waals surface area contributed by atoms with Gasteiger partial charge in [-0.15, -0.1) is 0 Å². The molecular formula is C9H7IN2O. The Kier molecular flexibility index (Phi) is 2.07. The highest BCUT2D eigenvalue weighted by Gasteiger charge is 2.04. The lowest BCUT2D eigenvalue weighted by atomic mass is 10.2. The third-order valence-corrected chi connectivity index (χ3v) is 3.30. The average Bonchev–Trinajstić information content (AvgIpc) is 2.12. The molecule has 0 bridgehead atoms. The fourth-order valence-corrected chi connectivity index (χ4v) is 1.82. The first kappa shape index (κ1) is 8.68. The molecule has 2 rings (SSSR count). The van der Waals surface area contributed by atoms with Crippen LogP contribution in [0.1, 0.15) is 5.56 Å². The molecule has 0 radical (unpaired) electrons. The van der Waals surface area contributed by atoms with Crippen molar-refractivity contribution in [3.05, 3.63) is 37.9 Å². The highest BCUT2D eigenvalue weighted by atomic mass is 127. The van der Waals surface area contributed by atoms with Gasteiger partial charge in [0.2, 0.25) is 0 Å². The number of hydrogen-bond acceptors (Lipinski definition) is 2. The van der Waals surface area contributed by atoms with Crippen molar-refractivity contribution < 1.29 is 0 Å². The van der Waals surface area contributed by atoms with Crippen molar-refractivity contribution in [2.24, 2.45) is 0 Å². The van der Waals surface area contributed by atoms with Gasteiger partial charge < -0.3 is 4.98 Å². The molecule has 0 unspecified atom stereocenters. The summed E-state index contributed by atoms with van der Waals surface area (Å²) in [6.45, 7) is 2.00. The van der Waals surface area contributed by atoms with Gasteiger partial charge in [0.15, 0.2) is 0 Å². The standard InChI is InChI=1S/C9H7IN2O/c1-5-2-3-6-8(7(5)10)11-4-12-9(6)13/h2-4H,1H3,(H,11,12,13). The monoisotopic (exact) mass is 286 g/mol. The first-order valence-electron chi connectivity index (χ1n) is 3.82. The molecule has 3 nitrogen and oxygen atoms in total. The SMILES string of the molecule is Cc1ccc2c(=O)[nH]cnc2c1I. The van der Waals surface area contributed by atoms with E-state index >= 15 is 0 Å². The summed E-state index contributed by atoms with van der Waals surface area (Å²) in [4.78, 5) is 18.0. The number of nitrogens with zero attached hydrogens (tertiary/aromatic N) is 1. The van der Waals surface area contributed by atoms with Crippen LogP contribution in [-0.2, 0) is 0 Å². The molecule has 1 N–H and O–H groups in total. The zero-order valence-electron chi connectivity index (χ0n) is 6.97. The Hall–Kier alpha value is -0.910. The second-order valence-corrected chi connectivity index (χ2v) is 3.90. The molecule has 0 saturated heterocycles. The number of halogens is 1. The van der Waals surface area contributed by atoms with Crippen molar-refractivity contribution in [1.29, 1.82) is 0 Å². The molecule has 0 atom stereocenters. The molecule has 0 aliphatic rings. The molecule has 0 fully saturated rings. The number of nitrogens with one attached hydrogen (secondary N) is 1. The van der Waals surface area contributed by atoms with Crippen molar-refractivity contribution in [1.82, 2.24) is 9.97 Å². The van der Waals surface area contributed by atoms with Gasteiger partial charge in [0.25, 0.3) is 5.56 Å². The van der Waals surface area contributed by atoms with Crippen LogP contribution in [0.5, 0.6) is 0 Å². The molecule has 1 aromatic heterocycles. The van der Waals surface area contributed by atoms with Gasteiger partial charge in [-0.1, -0.05) is 6.07 Å². The second kappa shape index (κ2) is 3.10. The van der Waals surface area contributed by atoms with Crippen molar-refractivity contribution in [3.63, 3.8) is 0 Å². The topological polar surface area (TPSA) is 45.8 Å². The van der Waals surface area contributed by atoms with Crippen molar-refractivity contribution >= 4 is 33.5 Å². The molecule has 0 spiro atoms. The maximum absolute atomic E-state index is 11.3. The minimum atomic E-state index is -0.0806. The molecule has 0 aliphatic heterocycles. The number of H-pyrrole nitrogens is 1. The van der Waals surface area contributed by atoms with Crippen LogP contribution in [0.4, 0.5) is 0 Å². The van der Waals surface area contributed by atoms with E-state index in [1.165, 1.54) is 6.33 Å². The van der Waals surface area contributed by atoms with E-state index in [0.717, 1.165) is 14.7 Å². The van der Waals surface area contributed by atoms with Crippen LogP contribution in [0.15, 0.2) is 23.3 Å². The van der Waals surface area contributed by atoms with Gasteiger partial charge in [-0.2, -0.15) is 0 Å². The summed E-state index contributed by atoms with van der Waals surface area (Å²) in [7, 11) is 0. The molecule has 0 amide bonds. The number of aromatic nitrogens is 2. The van der Waals surface area contributed by atoms with Crippen LogP contribution >= 0.6 is 22.6 Å². The predicted octanol–water partition coefficient (Wildman–Crippen LogP) is 1.84. The fraction of sp³-hybridized carbons (Fsp3) is 0.111. The van der Waals surface area contributed by atoms with Gasteiger partial charge in [0.1, 0.15) is 0 Å². The lowest BCUT2D eigenvalue weighted by Crippen LogP contribution is -2.07. The second-order valence-electron chi connectivity index (χ2n) is 2.82. The van der Waals surface area contributed by atoms with E-state index in [9.17, 15) is 4.79 Å². The Labute approximate surface area is 88.3 Å². The zero-order chi connectivity index (χ0) is 9.42. The van der Waals surface area contributed by atoms with Gasteiger partial charge in [0, 0.05) is 3.57 Å². The van der Waals surface area contributed by atoms with Crippen LogP contribution in [0.3, 0.4) is 0 Å². The van der Waals surface area contributed by atoms with Crippen LogP contribution in [-0.4, -0.2) is 9.97 Å². The first-order chi connectivity index (χ1) is 6.20. The predicted molar refractivity (Wildman–Crippen MR) is 59.8 cm³/mol. The van der Waals surface area contributed by atoms with Gasteiger partial charge >= 0.3 is 0 Å². The first-order valence-corrected chi connectivity index (χ1v) is 4.90. The van der Waals surface area contributed by atoms with Crippen molar-refractivity contribution in [2.75, 3.05) is 0 Å². The Balaban J connectivity index is 3.03. The average molecular weight is 286 g/mol. The molecule has 1 heterocycles. The Morgan fingerprint density at radius 3 is 3.00 bits per heavy atom. The van der Waals surface area contributed by atoms with Crippen molar-refractivity contribution in [2.45, 2.75) is 6.92 Å². The quantitative estimate of drug-likeness (QED) is 0.751. The van der Waals surface area contributed by atoms with Crippen LogP contribution in [0.25, 0.3) is 10.9 Å². The molecule has 0 saturated carbocycles. The van der Waals surface area contributed by atoms with Crippen LogP contribution in [0.2, 0.25) is 0 Å². The zero-order valence-corrected chi connectivity index (χ0v) is 9.12. The minimum Gasteiger partial charge on any atom is -0.313 e. The molecular weight excluding hydrogens is 279 g/mol. The van der Waals surface area contributed by atoms with Crippen LogP contribution < -0.4 is 5.56 Å². The number of benzene rings is 1. The summed E-state index contributed by atoms with van der Waals surface area (Å²) < 4.78 is 1.04. The maximum Gasteiger partial charge on any atom is 0.258 e. The normalized spacial score (nSPS) is 10.6. The highest BCUT2D eigenvalue weighted by molar-refractivity contribution is 14.1. The summed E-state index contributed by atoms with van der Waals surface area (Å²) in [6.07, 6.45) is 1.44. The number of hydrogen-bond donors (Lipinski definition) is 1. The van der Waals surface area contributed by atoms with E-state index in [0.29, 0.717) is 5.39 Å². The van der Waals surface area contributed by atoms with E-state index in [1.807, 2.05) is 13.0 Å². The molecule has 4 heteroatoms. The Morgan fingerprint density at radius 1 is 1.46 bits per heavy atom. The number of rotatable bonds is 0. The Morgan fingerprint density at radius 2 is 2.23 bits per heavy atom. The summed E-state index contributed by atoms with van der Waals surface area (Å²) in [5, 5.41) is 0.650. The van der Waals surface area contributed by atoms with Crippen molar-refractivity contribution in [3.8, 4) is 0 Å². The molecule has 2 aromatic rings. The maximum atomic E-state index is 11.3. The summed E-state index contributed by atoms with van der Waals surface area (Å²) in [5.74, 6) is 0. The molecule has 1 aromatic carbocycles. The number of aromatic amines is 1. The molecule has 66 valence electrons. The van der Waals surface area contributed by atoms with E-state index in [4.69, 9.17) is 0 Å². The van der Waals surface area contributed by atoms with Gasteiger partial charge in [-0.25, -0.2) is 4.98 Å². The van der Waals surface area contributed by atoms with E-state index in [-0.39, 0.29) is 5.56 Å². The summed E-state index contributed by atoms with van der Waals surface area (Å²) in [5.41, 5.74) is 1.85. The van der Waals surface area contributed by atoms with E-state index in [1.54, 1.807) is 6.07 Å². The smallest absolute Gasteiger partial charge is 0.258 e. The van der Waals surface area contributed by atoms with E-state index in [2.05, 4.69) is 32.6 Å². The Bertz CT molecular complexity index is 518. The third-order valence-electron chi connectivity index (χ3n) is 1.94. The number of aryl methyl sites for hydroxylation is 1. The third kappa shape index (κ3) is 1.35. The summed E-state index contributed by atoms with van der Waals surface area (Å²) >= 11 is 2.20. The fourth-order valence-electron chi connectivity index (χ4n) is 1.21. The molecule has 13 heavy (non-hydrogen) atoms. The van der Waals surface area contributed by atoms with E-state index < -0.39 is 0 Å². The largest absolute Gasteiger partial charge is 0.313 e. The summed E-state index contributed by atoms with van der Waals surface area (Å²) in [6, 6.07) is 3.74. The lowest BCUT2D eigenvalue weighted by Gasteiger charge is -2.00. The van der Waals surface area contributed by atoms with Gasteiger partial charge in [0.05, 0.1) is 17.2 Å².